The minimum atomic E-state index is -0.700. The van der Waals surface area contributed by atoms with Gasteiger partial charge in [0.2, 0.25) is 0 Å². The van der Waals surface area contributed by atoms with Crippen molar-refractivity contribution in [2.75, 3.05) is 5.32 Å². The molecule has 1 aromatic carbocycles. The van der Waals surface area contributed by atoms with E-state index in [4.69, 9.17) is 0 Å². The summed E-state index contributed by atoms with van der Waals surface area (Å²) in [5.74, 6) is -0.700. The second kappa shape index (κ2) is 3.76. The molecule has 1 saturated carbocycles. The molecule has 0 spiro atoms. The van der Waals surface area contributed by atoms with Crippen LogP contribution in [0.25, 0.3) is 0 Å². The molecule has 0 saturated heterocycles. The summed E-state index contributed by atoms with van der Waals surface area (Å²) in [6.07, 6.45) is 4.28. The zero-order chi connectivity index (χ0) is 12.8. The maximum Gasteiger partial charge on any atom is 0.314 e. The molecular weight excluding hydrogens is 226 g/mol. The number of nitrogens with one attached hydrogen (secondary N) is 1. The third-order valence-corrected chi connectivity index (χ3v) is 3.78. The second-order valence-corrected chi connectivity index (χ2v) is 5.06. The van der Waals surface area contributed by atoms with Crippen molar-refractivity contribution >= 4 is 11.7 Å². The molecule has 0 amide bonds. The molecule has 3 heteroatoms. The van der Waals surface area contributed by atoms with Crippen molar-refractivity contribution in [3.63, 3.8) is 0 Å². The molecule has 0 aromatic heterocycles. The minimum absolute atomic E-state index is 0.618. The van der Waals surface area contributed by atoms with Crippen LogP contribution in [-0.2, 0) is 16.6 Å². The number of allylic oxidation sites excluding steroid dienone is 1. The van der Waals surface area contributed by atoms with Crippen molar-refractivity contribution in [3.8, 4) is 0 Å². The molecule has 3 nitrogen and oxygen atoms in total. The number of anilines is 1. The third-order valence-electron chi connectivity index (χ3n) is 3.78. The summed E-state index contributed by atoms with van der Waals surface area (Å²) >= 11 is 0. The van der Waals surface area contributed by atoms with E-state index in [-0.39, 0.29) is 0 Å². The Hall–Kier alpha value is -1.99. The van der Waals surface area contributed by atoms with Crippen LogP contribution >= 0.6 is 0 Å². The first kappa shape index (κ1) is 11.1. The normalized spacial score (nSPS) is 19.3. The number of benzene rings is 1. The van der Waals surface area contributed by atoms with Gasteiger partial charge in [0.1, 0.15) is 0 Å². The molecule has 0 bridgehead atoms. The largest absolute Gasteiger partial charge is 0.481 e. The predicted molar refractivity (Wildman–Crippen MR) is 69.6 cm³/mol. The van der Waals surface area contributed by atoms with Crippen LogP contribution in [0.1, 0.15) is 30.9 Å². The van der Waals surface area contributed by atoms with E-state index in [1.807, 2.05) is 31.2 Å². The first-order chi connectivity index (χ1) is 8.62. The summed E-state index contributed by atoms with van der Waals surface area (Å²) in [6.45, 7) is 1.97. The average molecular weight is 241 g/mol. The van der Waals surface area contributed by atoms with Crippen molar-refractivity contribution in [2.45, 2.75) is 31.6 Å². The fourth-order valence-corrected chi connectivity index (χ4v) is 2.49. The molecule has 1 fully saturated rings. The average Bonchev–Trinajstić information content (AvgIpc) is 3.11. The zero-order valence-corrected chi connectivity index (χ0v) is 10.3. The van der Waals surface area contributed by atoms with Gasteiger partial charge in [0.25, 0.3) is 0 Å². The van der Waals surface area contributed by atoms with Gasteiger partial charge in [-0.2, -0.15) is 0 Å². The Morgan fingerprint density at radius 1 is 1.44 bits per heavy atom. The highest BCUT2D eigenvalue weighted by atomic mass is 16.4. The van der Waals surface area contributed by atoms with Crippen LogP contribution in [0.5, 0.6) is 0 Å². The predicted octanol–water partition coefficient (Wildman–Crippen LogP) is 2.83. The lowest BCUT2D eigenvalue weighted by Gasteiger charge is -2.14. The van der Waals surface area contributed by atoms with Gasteiger partial charge in [-0.1, -0.05) is 12.1 Å². The standard InChI is InChI=1S/C15H15NO2/c1-10-3-2-4-11-9-12(5-6-13(11)16-10)15(7-8-15)14(17)18/h2,5-6,9,16H,4,7-8H2,1H3,(H,17,18). The number of aliphatic carboxylic acids is 1. The van der Waals surface area contributed by atoms with E-state index in [1.165, 1.54) is 0 Å². The Bertz CT molecular complexity index is 591. The third kappa shape index (κ3) is 1.64. The monoisotopic (exact) mass is 241 g/mol. The van der Waals surface area contributed by atoms with Crippen LogP contribution < -0.4 is 5.32 Å². The van der Waals surface area contributed by atoms with Crippen molar-refractivity contribution < 1.29 is 9.90 Å². The molecule has 1 aliphatic carbocycles. The van der Waals surface area contributed by atoms with E-state index in [1.54, 1.807) is 0 Å². The summed E-state index contributed by atoms with van der Waals surface area (Å²) in [4.78, 5) is 11.3. The maximum atomic E-state index is 11.3. The van der Waals surface area contributed by atoms with Gasteiger partial charge >= 0.3 is 5.97 Å². The molecule has 2 aliphatic rings. The van der Waals surface area contributed by atoms with Gasteiger partial charge < -0.3 is 10.4 Å². The SMILES string of the molecule is CC1=C=CCc2cc(C3(C(=O)O)CC3)ccc2N1. The first-order valence-corrected chi connectivity index (χ1v) is 6.17. The highest BCUT2D eigenvalue weighted by Crippen LogP contribution is 2.49. The number of hydrogen-bond acceptors (Lipinski definition) is 2. The van der Waals surface area contributed by atoms with Crippen LogP contribution in [-0.4, -0.2) is 11.1 Å². The molecule has 18 heavy (non-hydrogen) atoms. The zero-order valence-electron chi connectivity index (χ0n) is 10.3. The number of fused-ring (bicyclic) bond motifs is 1. The lowest BCUT2D eigenvalue weighted by Crippen LogP contribution is -2.19. The van der Waals surface area contributed by atoms with E-state index >= 15 is 0 Å². The van der Waals surface area contributed by atoms with Gasteiger partial charge in [0.15, 0.2) is 0 Å². The number of carboxylic acids is 1. The molecule has 2 N–H and O–H groups in total. The molecule has 3 rings (SSSR count). The summed E-state index contributed by atoms with van der Waals surface area (Å²) in [5, 5.41) is 12.6. The first-order valence-electron chi connectivity index (χ1n) is 6.17. The van der Waals surface area contributed by atoms with Crippen molar-refractivity contribution in [2.24, 2.45) is 0 Å². The van der Waals surface area contributed by atoms with Crippen LogP contribution in [0.4, 0.5) is 5.69 Å². The van der Waals surface area contributed by atoms with Gasteiger partial charge in [-0.05, 0) is 43.0 Å². The summed E-state index contributed by atoms with van der Waals surface area (Å²) in [7, 11) is 0. The fraction of sp³-hybridized carbons (Fsp3) is 0.333. The molecule has 0 radical (unpaired) electrons. The van der Waals surface area contributed by atoms with Crippen LogP contribution in [0.15, 0.2) is 35.7 Å². The topological polar surface area (TPSA) is 49.3 Å². The smallest absolute Gasteiger partial charge is 0.314 e. The molecule has 0 unspecified atom stereocenters. The lowest BCUT2D eigenvalue weighted by molar-refractivity contribution is -0.140. The molecule has 0 atom stereocenters. The fourth-order valence-electron chi connectivity index (χ4n) is 2.49. The minimum Gasteiger partial charge on any atom is -0.481 e. The molecule has 1 aromatic rings. The van der Waals surface area contributed by atoms with E-state index < -0.39 is 11.4 Å². The maximum absolute atomic E-state index is 11.3. The van der Waals surface area contributed by atoms with E-state index in [0.29, 0.717) is 0 Å². The van der Waals surface area contributed by atoms with Gasteiger partial charge in [-0.15, -0.1) is 5.73 Å². The summed E-state index contributed by atoms with van der Waals surface area (Å²) in [5.41, 5.74) is 6.65. The summed E-state index contributed by atoms with van der Waals surface area (Å²) < 4.78 is 0. The molecular formula is C15H15NO2. The van der Waals surface area contributed by atoms with Crippen LogP contribution in [0, 0.1) is 0 Å². The van der Waals surface area contributed by atoms with Gasteiger partial charge in [-0.25, -0.2) is 0 Å². The molecule has 92 valence electrons. The van der Waals surface area contributed by atoms with Crippen LogP contribution in [0.3, 0.4) is 0 Å². The van der Waals surface area contributed by atoms with Gasteiger partial charge in [0, 0.05) is 12.1 Å². The molecule has 1 heterocycles. The van der Waals surface area contributed by atoms with Crippen molar-refractivity contribution in [1.29, 1.82) is 0 Å². The highest BCUT2D eigenvalue weighted by molar-refractivity contribution is 5.85. The Balaban J connectivity index is 2.01. The highest BCUT2D eigenvalue weighted by Gasteiger charge is 2.51. The van der Waals surface area contributed by atoms with Crippen LogP contribution in [0.2, 0.25) is 0 Å². The van der Waals surface area contributed by atoms with Gasteiger partial charge in [0.05, 0.1) is 11.1 Å². The Labute approximate surface area is 106 Å². The number of carbonyl (C=O) groups is 1. The van der Waals surface area contributed by atoms with Crippen molar-refractivity contribution in [3.05, 3.63) is 46.8 Å². The Kier molecular flexibility index (Phi) is 2.32. The number of carboxylic acid groups (broad SMARTS) is 1. The second-order valence-electron chi connectivity index (χ2n) is 5.06. The van der Waals surface area contributed by atoms with E-state index in [2.05, 4.69) is 11.0 Å². The van der Waals surface area contributed by atoms with E-state index in [9.17, 15) is 9.90 Å². The lowest BCUT2D eigenvalue weighted by atomic mass is 9.93. The molecule has 1 aliphatic heterocycles. The number of rotatable bonds is 2. The summed E-state index contributed by atoms with van der Waals surface area (Å²) in [6, 6.07) is 5.95. The quantitative estimate of drug-likeness (QED) is 0.783. The van der Waals surface area contributed by atoms with Gasteiger partial charge in [-0.3, -0.25) is 4.79 Å². The van der Waals surface area contributed by atoms with Crippen molar-refractivity contribution in [1.82, 2.24) is 0 Å². The Morgan fingerprint density at radius 2 is 2.22 bits per heavy atom. The Morgan fingerprint density at radius 3 is 2.89 bits per heavy atom. The number of hydrogen-bond donors (Lipinski definition) is 2. The van der Waals surface area contributed by atoms with E-state index in [0.717, 1.165) is 41.8 Å².